The van der Waals surface area contributed by atoms with Gasteiger partial charge < -0.3 is 15.2 Å². The summed E-state index contributed by atoms with van der Waals surface area (Å²) in [5, 5.41) is 14.1. The maximum atomic E-state index is 12.6. The lowest BCUT2D eigenvalue weighted by atomic mass is 9.99. The van der Waals surface area contributed by atoms with Gasteiger partial charge in [0.05, 0.1) is 6.61 Å². The summed E-state index contributed by atoms with van der Waals surface area (Å²) in [6.45, 7) is 2.47. The first kappa shape index (κ1) is 19.0. The van der Waals surface area contributed by atoms with Crippen molar-refractivity contribution in [1.29, 1.82) is 0 Å². The average molecular weight is 382 g/mol. The Labute approximate surface area is 163 Å². The quantitative estimate of drug-likeness (QED) is 0.626. The number of carbonyl (C=O) groups is 1. The Bertz CT molecular complexity index is 911. The fourth-order valence-electron chi connectivity index (χ4n) is 2.75. The number of carbonyl (C=O) groups excluding carboxylic acids is 1. The van der Waals surface area contributed by atoms with E-state index >= 15 is 0 Å². The van der Waals surface area contributed by atoms with Crippen LogP contribution in [-0.4, -0.2) is 17.6 Å². The third-order valence-electron chi connectivity index (χ3n) is 4.10. The van der Waals surface area contributed by atoms with Gasteiger partial charge in [-0.25, -0.2) is 0 Å². The standard InChI is InChI=1S/C22H20ClNO3/c1-2-27-18-11-8-16(9-12-18)22(26)24-20-13-10-17(23)14-19(20)21(25)15-6-4-3-5-7-15/h3-14,21,25H,2H2,1H3,(H,24,26). The normalized spacial score (nSPS) is 11.7. The molecule has 0 spiro atoms. The highest BCUT2D eigenvalue weighted by Gasteiger charge is 2.17. The summed E-state index contributed by atoms with van der Waals surface area (Å²) in [4.78, 5) is 12.6. The minimum atomic E-state index is -0.902. The molecule has 3 aromatic carbocycles. The largest absolute Gasteiger partial charge is 0.494 e. The molecule has 0 aliphatic heterocycles. The number of benzene rings is 3. The number of nitrogens with one attached hydrogen (secondary N) is 1. The molecule has 0 radical (unpaired) electrons. The minimum Gasteiger partial charge on any atom is -0.494 e. The molecule has 138 valence electrons. The lowest BCUT2D eigenvalue weighted by Gasteiger charge is -2.17. The molecule has 0 saturated carbocycles. The van der Waals surface area contributed by atoms with Gasteiger partial charge in [-0.15, -0.1) is 0 Å². The average Bonchev–Trinajstić information content (AvgIpc) is 2.70. The molecule has 0 aromatic heterocycles. The minimum absolute atomic E-state index is 0.276. The first-order chi connectivity index (χ1) is 13.1. The number of amides is 1. The number of anilines is 1. The summed E-state index contributed by atoms with van der Waals surface area (Å²) in [5.74, 6) is 0.433. The number of aliphatic hydroxyl groups excluding tert-OH is 1. The second-order valence-electron chi connectivity index (χ2n) is 5.96. The summed E-state index contributed by atoms with van der Waals surface area (Å²) < 4.78 is 5.39. The third kappa shape index (κ3) is 4.67. The molecule has 0 fully saturated rings. The zero-order valence-electron chi connectivity index (χ0n) is 14.9. The Hall–Kier alpha value is -2.82. The molecule has 3 rings (SSSR count). The van der Waals surface area contributed by atoms with E-state index in [1.54, 1.807) is 42.5 Å². The Balaban J connectivity index is 1.85. The molecule has 0 saturated heterocycles. The van der Waals surface area contributed by atoms with Gasteiger partial charge in [-0.05, 0) is 55.0 Å². The maximum absolute atomic E-state index is 12.6. The monoisotopic (exact) mass is 381 g/mol. The second kappa shape index (κ2) is 8.71. The smallest absolute Gasteiger partial charge is 0.255 e. The van der Waals surface area contributed by atoms with Crippen LogP contribution in [0.4, 0.5) is 5.69 Å². The molecular weight excluding hydrogens is 362 g/mol. The molecule has 1 amide bonds. The van der Waals surface area contributed by atoms with Gasteiger partial charge in [-0.3, -0.25) is 4.79 Å². The van der Waals surface area contributed by atoms with Crippen LogP contribution < -0.4 is 10.1 Å². The Morgan fingerprint density at radius 2 is 1.78 bits per heavy atom. The van der Waals surface area contributed by atoms with Crippen molar-refractivity contribution in [3.8, 4) is 5.75 Å². The van der Waals surface area contributed by atoms with E-state index in [2.05, 4.69) is 5.32 Å². The second-order valence-corrected chi connectivity index (χ2v) is 6.39. The Morgan fingerprint density at radius 1 is 1.07 bits per heavy atom. The molecule has 0 aliphatic carbocycles. The van der Waals surface area contributed by atoms with Gasteiger partial charge in [-0.1, -0.05) is 41.9 Å². The first-order valence-corrected chi connectivity index (χ1v) is 9.03. The molecular formula is C22H20ClNO3. The fraction of sp³-hybridized carbons (Fsp3) is 0.136. The molecule has 0 bridgehead atoms. The zero-order chi connectivity index (χ0) is 19.2. The van der Waals surface area contributed by atoms with E-state index in [-0.39, 0.29) is 5.91 Å². The fourth-order valence-corrected chi connectivity index (χ4v) is 2.93. The van der Waals surface area contributed by atoms with E-state index in [1.165, 1.54) is 0 Å². The Kier molecular flexibility index (Phi) is 6.12. The van der Waals surface area contributed by atoms with Crippen LogP contribution in [0.2, 0.25) is 5.02 Å². The predicted molar refractivity (Wildman–Crippen MR) is 108 cm³/mol. The van der Waals surface area contributed by atoms with Crippen molar-refractivity contribution in [2.75, 3.05) is 11.9 Å². The SMILES string of the molecule is CCOc1ccc(C(=O)Nc2ccc(Cl)cc2C(O)c2ccccc2)cc1. The molecule has 1 unspecified atom stereocenters. The van der Waals surface area contributed by atoms with Crippen LogP contribution in [0.5, 0.6) is 5.75 Å². The van der Waals surface area contributed by atoms with Gasteiger partial charge in [-0.2, -0.15) is 0 Å². The summed E-state index contributed by atoms with van der Waals surface area (Å²) in [6, 6.07) is 21.1. The molecule has 2 N–H and O–H groups in total. The van der Waals surface area contributed by atoms with E-state index in [4.69, 9.17) is 16.3 Å². The number of aliphatic hydroxyl groups is 1. The molecule has 0 aliphatic rings. The van der Waals surface area contributed by atoms with Crippen LogP contribution in [0.1, 0.15) is 34.5 Å². The number of rotatable bonds is 6. The van der Waals surface area contributed by atoms with Gasteiger partial charge in [0.15, 0.2) is 0 Å². The molecule has 0 heterocycles. The molecule has 27 heavy (non-hydrogen) atoms. The van der Waals surface area contributed by atoms with Crippen molar-refractivity contribution in [2.24, 2.45) is 0 Å². The van der Waals surface area contributed by atoms with E-state index in [0.29, 0.717) is 34.2 Å². The highest BCUT2D eigenvalue weighted by molar-refractivity contribution is 6.30. The lowest BCUT2D eigenvalue weighted by Crippen LogP contribution is -2.14. The van der Waals surface area contributed by atoms with E-state index in [0.717, 1.165) is 5.56 Å². The van der Waals surface area contributed by atoms with Crippen LogP contribution >= 0.6 is 11.6 Å². The van der Waals surface area contributed by atoms with E-state index in [9.17, 15) is 9.90 Å². The van der Waals surface area contributed by atoms with Crippen molar-refractivity contribution in [3.63, 3.8) is 0 Å². The third-order valence-corrected chi connectivity index (χ3v) is 4.33. The van der Waals surface area contributed by atoms with Gasteiger partial charge in [0.1, 0.15) is 11.9 Å². The summed E-state index contributed by atoms with van der Waals surface area (Å²) in [7, 11) is 0. The van der Waals surface area contributed by atoms with Crippen molar-refractivity contribution in [2.45, 2.75) is 13.0 Å². The van der Waals surface area contributed by atoms with Crippen molar-refractivity contribution in [1.82, 2.24) is 0 Å². The van der Waals surface area contributed by atoms with Crippen LogP contribution in [0, 0.1) is 0 Å². The number of hydrogen-bond acceptors (Lipinski definition) is 3. The lowest BCUT2D eigenvalue weighted by molar-refractivity contribution is 0.102. The van der Waals surface area contributed by atoms with E-state index in [1.807, 2.05) is 37.3 Å². The van der Waals surface area contributed by atoms with Gasteiger partial charge >= 0.3 is 0 Å². The predicted octanol–water partition coefficient (Wildman–Crippen LogP) is 5.07. The van der Waals surface area contributed by atoms with E-state index < -0.39 is 6.10 Å². The number of ether oxygens (including phenoxy) is 1. The van der Waals surface area contributed by atoms with Crippen molar-refractivity contribution >= 4 is 23.2 Å². The van der Waals surface area contributed by atoms with Crippen LogP contribution in [0.25, 0.3) is 0 Å². The molecule has 4 nitrogen and oxygen atoms in total. The molecule has 5 heteroatoms. The van der Waals surface area contributed by atoms with Crippen LogP contribution in [0.15, 0.2) is 72.8 Å². The van der Waals surface area contributed by atoms with Crippen LogP contribution in [-0.2, 0) is 0 Å². The van der Waals surface area contributed by atoms with Gasteiger partial charge in [0.25, 0.3) is 5.91 Å². The first-order valence-electron chi connectivity index (χ1n) is 8.65. The summed E-state index contributed by atoms with van der Waals surface area (Å²) in [6.07, 6.45) is -0.902. The molecule has 1 atom stereocenters. The highest BCUT2D eigenvalue weighted by atomic mass is 35.5. The number of halogens is 1. The summed E-state index contributed by atoms with van der Waals surface area (Å²) in [5.41, 5.74) is 2.26. The van der Waals surface area contributed by atoms with Crippen molar-refractivity contribution in [3.05, 3.63) is 94.5 Å². The van der Waals surface area contributed by atoms with Crippen molar-refractivity contribution < 1.29 is 14.6 Å². The maximum Gasteiger partial charge on any atom is 0.255 e. The topological polar surface area (TPSA) is 58.6 Å². The molecule has 3 aromatic rings. The summed E-state index contributed by atoms with van der Waals surface area (Å²) >= 11 is 6.11. The highest BCUT2D eigenvalue weighted by Crippen LogP contribution is 2.31. The zero-order valence-corrected chi connectivity index (χ0v) is 15.6. The van der Waals surface area contributed by atoms with Gasteiger partial charge in [0.2, 0.25) is 0 Å². The van der Waals surface area contributed by atoms with Gasteiger partial charge in [0, 0.05) is 21.8 Å². The Morgan fingerprint density at radius 3 is 2.44 bits per heavy atom. The number of hydrogen-bond donors (Lipinski definition) is 2. The van der Waals surface area contributed by atoms with Crippen LogP contribution in [0.3, 0.4) is 0 Å².